The largest absolute Gasteiger partial charge is 0.504 e. The number of phenolic OH excluding ortho intramolecular Hbond substituents is 1. The molecule has 0 atom stereocenters. The van der Waals surface area contributed by atoms with Crippen LogP contribution in [0, 0.1) is 0 Å². The minimum absolute atomic E-state index is 0.118. The Balaban J connectivity index is 2.78. The van der Waals surface area contributed by atoms with Crippen molar-refractivity contribution in [2.45, 2.75) is 0 Å². The molecule has 0 heterocycles. The number of amides is 2. The van der Waals surface area contributed by atoms with Crippen LogP contribution in [0.1, 0.15) is 5.56 Å². The van der Waals surface area contributed by atoms with Gasteiger partial charge in [-0.25, -0.2) is 5.43 Å². The van der Waals surface area contributed by atoms with Crippen LogP contribution in [0.3, 0.4) is 0 Å². The average molecular weight is 237 g/mol. The Morgan fingerprint density at radius 1 is 1.53 bits per heavy atom. The van der Waals surface area contributed by atoms with Gasteiger partial charge in [-0.15, -0.1) is 0 Å². The molecular formula is C10H11N3O4. The molecule has 1 aromatic rings. The molecule has 17 heavy (non-hydrogen) atoms. The maximum absolute atomic E-state index is 10.8. The van der Waals surface area contributed by atoms with E-state index in [4.69, 9.17) is 10.5 Å². The Morgan fingerprint density at radius 2 is 2.24 bits per heavy atom. The lowest BCUT2D eigenvalue weighted by atomic mass is 10.2. The Morgan fingerprint density at radius 3 is 2.82 bits per heavy atom. The summed E-state index contributed by atoms with van der Waals surface area (Å²) in [5.74, 6) is -2.03. The number of rotatable bonds is 3. The van der Waals surface area contributed by atoms with Crippen LogP contribution in [0.5, 0.6) is 11.5 Å². The second-order valence-corrected chi connectivity index (χ2v) is 2.96. The number of phenols is 1. The summed E-state index contributed by atoms with van der Waals surface area (Å²) in [7, 11) is 1.41. The number of ether oxygens (including phenoxy) is 1. The van der Waals surface area contributed by atoms with Crippen LogP contribution in [-0.2, 0) is 9.59 Å². The number of aromatic hydroxyl groups is 1. The lowest BCUT2D eigenvalue weighted by molar-refractivity contribution is -0.137. The fraction of sp³-hybridized carbons (Fsp3) is 0.100. The summed E-state index contributed by atoms with van der Waals surface area (Å²) >= 11 is 0. The molecule has 0 spiro atoms. The minimum atomic E-state index is -1.14. The zero-order chi connectivity index (χ0) is 12.8. The maximum Gasteiger partial charge on any atom is 0.329 e. The average Bonchev–Trinajstić information content (AvgIpc) is 2.31. The summed E-state index contributed by atoms with van der Waals surface area (Å²) in [6.07, 6.45) is 1.17. The van der Waals surface area contributed by atoms with Crippen LogP contribution < -0.4 is 15.9 Å². The number of primary amides is 1. The van der Waals surface area contributed by atoms with E-state index in [1.165, 1.54) is 13.3 Å². The third-order valence-corrected chi connectivity index (χ3v) is 1.84. The molecule has 0 aliphatic rings. The van der Waals surface area contributed by atoms with Crippen LogP contribution in [-0.4, -0.2) is 30.2 Å². The SMILES string of the molecule is COc1cccc(/C=N/NC(=O)C(N)=O)c1O. The molecule has 0 saturated heterocycles. The fourth-order valence-electron chi connectivity index (χ4n) is 1.02. The number of nitrogens with two attached hydrogens (primary N) is 1. The van der Waals surface area contributed by atoms with Gasteiger partial charge in [0, 0.05) is 5.56 Å². The smallest absolute Gasteiger partial charge is 0.329 e. The molecule has 0 saturated carbocycles. The van der Waals surface area contributed by atoms with Crippen LogP contribution in [0.15, 0.2) is 23.3 Å². The van der Waals surface area contributed by atoms with Crippen molar-refractivity contribution < 1.29 is 19.4 Å². The van der Waals surface area contributed by atoms with Gasteiger partial charge >= 0.3 is 11.8 Å². The first-order valence-corrected chi connectivity index (χ1v) is 4.55. The molecule has 0 radical (unpaired) electrons. The number of methoxy groups -OCH3 is 1. The lowest BCUT2D eigenvalue weighted by Gasteiger charge is -2.04. The van der Waals surface area contributed by atoms with Crippen molar-refractivity contribution in [3.63, 3.8) is 0 Å². The molecule has 0 aliphatic heterocycles. The number of para-hydroxylation sites is 1. The first-order valence-electron chi connectivity index (χ1n) is 4.55. The molecule has 0 bridgehead atoms. The summed E-state index contributed by atoms with van der Waals surface area (Å²) in [6, 6.07) is 4.75. The van der Waals surface area contributed by atoms with Gasteiger partial charge in [-0.3, -0.25) is 9.59 Å². The second kappa shape index (κ2) is 5.50. The summed E-state index contributed by atoms with van der Waals surface area (Å²) in [5.41, 5.74) is 6.92. The number of hydrogen-bond donors (Lipinski definition) is 3. The van der Waals surface area contributed by atoms with Crippen molar-refractivity contribution in [1.82, 2.24) is 5.43 Å². The van der Waals surface area contributed by atoms with E-state index in [-0.39, 0.29) is 11.5 Å². The van der Waals surface area contributed by atoms with Crippen molar-refractivity contribution in [2.75, 3.05) is 7.11 Å². The Bertz CT molecular complexity index is 471. The molecule has 0 aliphatic carbocycles. The highest BCUT2D eigenvalue weighted by molar-refractivity contribution is 6.34. The third-order valence-electron chi connectivity index (χ3n) is 1.84. The van der Waals surface area contributed by atoms with Gasteiger partial charge in [-0.05, 0) is 12.1 Å². The van der Waals surface area contributed by atoms with Crippen molar-refractivity contribution in [3.8, 4) is 11.5 Å². The van der Waals surface area contributed by atoms with E-state index in [0.29, 0.717) is 5.56 Å². The number of benzene rings is 1. The van der Waals surface area contributed by atoms with Gasteiger partial charge in [-0.1, -0.05) is 6.07 Å². The first-order chi connectivity index (χ1) is 8.06. The first kappa shape index (κ1) is 12.5. The zero-order valence-corrected chi connectivity index (χ0v) is 9.01. The van der Waals surface area contributed by atoms with Gasteiger partial charge in [0.1, 0.15) is 0 Å². The molecular weight excluding hydrogens is 226 g/mol. The van der Waals surface area contributed by atoms with Crippen molar-refractivity contribution in [1.29, 1.82) is 0 Å². The number of hydrogen-bond acceptors (Lipinski definition) is 5. The maximum atomic E-state index is 10.8. The van der Waals surface area contributed by atoms with Gasteiger partial charge < -0.3 is 15.6 Å². The van der Waals surface area contributed by atoms with Gasteiger partial charge in [0.25, 0.3) is 0 Å². The van der Waals surface area contributed by atoms with Gasteiger partial charge in [0.05, 0.1) is 13.3 Å². The molecule has 1 aromatic carbocycles. The van der Waals surface area contributed by atoms with Gasteiger partial charge in [0.2, 0.25) is 0 Å². The Hall–Kier alpha value is -2.57. The number of carbonyl (C=O) groups is 2. The van der Waals surface area contributed by atoms with Gasteiger partial charge in [0.15, 0.2) is 11.5 Å². The Labute approximate surface area is 96.9 Å². The predicted molar refractivity (Wildman–Crippen MR) is 59.6 cm³/mol. The van der Waals surface area contributed by atoms with E-state index in [1.54, 1.807) is 18.2 Å². The molecule has 7 nitrogen and oxygen atoms in total. The Kier molecular flexibility index (Phi) is 4.04. The molecule has 4 N–H and O–H groups in total. The molecule has 7 heteroatoms. The lowest BCUT2D eigenvalue weighted by Crippen LogP contribution is -2.32. The normalized spacial score (nSPS) is 10.2. The number of carbonyl (C=O) groups excluding carboxylic acids is 2. The fourth-order valence-corrected chi connectivity index (χ4v) is 1.02. The highest BCUT2D eigenvalue weighted by Gasteiger charge is 2.07. The molecule has 0 aromatic heterocycles. The summed E-state index contributed by atoms with van der Waals surface area (Å²) in [6.45, 7) is 0. The van der Waals surface area contributed by atoms with Crippen LogP contribution in [0.4, 0.5) is 0 Å². The third kappa shape index (κ3) is 3.20. The number of nitrogens with one attached hydrogen (secondary N) is 1. The van der Waals surface area contributed by atoms with E-state index >= 15 is 0 Å². The topological polar surface area (TPSA) is 114 Å². The predicted octanol–water partition coefficient (Wildman–Crippen LogP) is -0.664. The van der Waals surface area contributed by atoms with Crippen molar-refractivity contribution in [3.05, 3.63) is 23.8 Å². The molecule has 0 fully saturated rings. The van der Waals surface area contributed by atoms with E-state index in [0.717, 1.165) is 0 Å². The minimum Gasteiger partial charge on any atom is -0.504 e. The summed E-state index contributed by atoms with van der Waals surface area (Å²) in [4.78, 5) is 21.1. The summed E-state index contributed by atoms with van der Waals surface area (Å²) < 4.78 is 4.88. The van der Waals surface area contributed by atoms with Crippen molar-refractivity contribution in [2.24, 2.45) is 10.8 Å². The number of hydrazone groups is 1. The van der Waals surface area contributed by atoms with E-state index in [9.17, 15) is 14.7 Å². The zero-order valence-electron chi connectivity index (χ0n) is 9.01. The van der Waals surface area contributed by atoms with Crippen LogP contribution >= 0.6 is 0 Å². The van der Waals surface area contributed by atoms with Crippen LogP contribution in [0.25, 0.3) is 0 Å². The second-order valence-electron chi connectivity index (χ2n) is 2.96. The van der Waals surface area contributed by atoms with E-state index < -0.39 is 11.8 Å². The van der Waals surface area contributed by atoms with E-state index in [1.807, 2.05) is 5.43 Å². The van der Waals surface area contributed by atoms with E-state index in [2.05, 4.69) is 5.10 Å². The highest BCUT2D eigenvalue weighted by atomic mass is 16.5. The molecule has 1 rings (SSSR count). The standard InChI is InChI=1S/C10H11N3O4/c1-17-7-4-2-3-6(8(7)14)5-12-13-10(16)9(11)15/h2-5,14H,1H3,(H2,11,15)(H,13,16)/b12-5+. The van der Waals surface area contributed by atoms with Crippen molar-refractivity contribution >= 4 is 18.0 Å². The molecule has 90 valence electrons. The summed E-state index contributed by atoms with van der Waals surface area (Å²) in [5, 5.41) is 13.1. The number of nitrogens with zero attached hydrogens (tertiary/aromatic N) is 1. The monoisotopic (exact) mass is 237 g/mol. The van der Waals surface area contributed by atoms with Gasteiger partial charge in [-0.2, -0.15) is 5.10 Å². The van der Waals surface area contributed by atoms with Crippen LogP contribution in [0.2, 0.25) is 0 Å². The quantitative estimate of drug-likeness (QED) is 0.367. The highest BCUT2D eigenvalue weighted by Crippen LogP contribution is 2.27. The molecule has 0 unspecified atom stereocenters. The molecule has 2 amide bonds.